The molecule has 3 rings (SSSR count). The first-order valence-corrected chi connectivity index (χ1v) is 14.0. The standard InChI is InChI=1S/C24H29FIN3O4S/c1-17(24(31)27-21-5-3-4-6-21)28(15-18-7-9-19(25)10-8-18)23(30)16-29(34(2,32)33)22-13-11-20(26)12-14-22/h7-14,17,21H,3-6,15-16H2,1-2H3,(H,27,31)/t17-/m1/s1. The van der Waals surface area contributed by atoms with E-state index in [1.807, 2.05) is 0 Å². The van der Waals surface area contributed by atoms with Gasteiger partial charge in [-0.05, 0) is 84.3 Å². The minimum absolute atomic E-state index is 0.0443. The maximum absolute atomic E-state index is 13.5. The van der Waals surface area contributed by atoms with E-state index in [4.69, 9.17) is 0 Å². The molecule has 1 aliphatic carbocycles. The van der Waals surface area contributed by atoms with Crippen molar-refractivity contribution in [1.82, 2.24) is 10.2 Å². The van der Waals surface area contributed by atoms with E-state index in [0.717, 1.165) is 39.8 Å². The molecule has 2 amide bonds. The highest BCUT2D eigenvalue weighted by molar-refractivity contribution is 14.1. The van der Waals surface area contributed by atoms with Gasteiger partial charge in [0.05, 0.1) is 11.9 Å². The Morgan fingerprint density at radius 3 is 2.24 bits per heavy atom. The lowest BCUT2D eigenvalue weighted by Crippen LogP contribution is -2.52. The average molecular weight is 601 g/mol. The van der Waals surface area contributed by atoms with Gasteiger partial charge in [-0.3, -0.25) is 13.9 Å². The molecule has 0 heterocycles. The van der Waals surface area contributed by atoms with Crippen molar-refractivity contribution in [3.05, 3.63) is 63.5 Å². The maximum Gasteiger partial charge on any atom is 0.244 e. The zero-order valence-electron chi connectivity index (χ0n) is 19.2. The van der Waals surface area contributed by atoms with Crippen LogP contribution < -0.4 is 9.62 Å². The van der Waals surface area contributed by atoms with Gasteiger partial charge in [0, 0.05) is 16.2 Å². The topological polar surface area (TPSA) is 86.8 Å². The van der Waals surface area contributed by atoms with Gasteiger partial charge >= 0.3 is 0 Å². The molecule has 0 saturated heterocycles. The molecule has 0 aliphatic heterocycles. The summed E-state index contributed by atoms with van der Waals surface area (Å²) in [7, 11) is -3.77. The van der Waals surface area contributed by atoms with Crippen LogP contribution >= 0.6 is 22.6 Å². The molecule has 1 N–H and O–H groups in total. The smallest absolute Gasteiger partial charge is 0.244 e. The summed E-state index contributed by atoms with van der Waals surface area (Å²) in [6.45, 7) is 1.21. The van der Waals surface area contributed by atoms with Gasteiger partial charge in [-0.2, -0.15) is 0 Å². The fourth-order valence-corrected chi connectivity index (χ4v) is 5.19. The summed E-state index contributed by atoms with van der Waals surface area (Å²) in [5, 5.41) is 3.00. The fourth-order valence-electron chi connectivity index (χ4n) is 3.98. The Labute approximate surface area is 213 Å². The van der Waals surface area contributed by atoms with Gasteiger partial charge in [0.1, 0.15) is 18.4 Å². The van der Waals surface area contributed by atoms with E-state index in [1.165, 1.54) is 17.0 Å². The van der Waals surface area contributed by atoms with E-state index in [0.29, 0.717) is 11.3 Å². The predicted octanol–water partition coefficient (Wildman–Crippen LogP) is 3.67. The van der Waals surface area contributed by atoms with Crippen molar-refractivity contribution < 1.29 is 22.4 Å². The molecule has 0 radical (unpaired) electrons. The first kappa shape index (κ1) is 26.4. The number of amides is 2. The van der Waals surface area contributed by atoms with Gasteiger partial charge < -0.3 is 10.2 Å². The normalized spacial score (nSPS) is 15.1. The highest BCUT2D eigenvalue weighted by atomic mass is 127. The number of halogens is 2. The monoisotopic (exact) mass is 601 g/mol. The molecule has 1 saturated carbocycles. The van der Waals surface area contributed by atoms with Crippen LogP contribution in [0.2, 0.25) is 0 Å². The third-order valence-electron chi connectivity index (χ3n) is 5.93. The molecular weight excluding hydrogens is 572 g/mol. The van der Waals surface area contributed by atoms with Crippen LogP contribution in [0.25, 0.3) is 0 Å². The molecule has 34 heavy (non-hydrogen) atoms. The third-order valence-corrected chi connectivity index (χ3v) is 7.79. The largest absolute Gasteiger partial charge is 0.352 e. The Bertz CT molecular complexity index is 1100. The summed E-state index contributed by atoms with van der Waals surface area (Å²) in [4.78, 5) is 27.8. The van der Waals surface area contributed by atoms with Crippen molar-refractivity contribution in [2.75, 3.05) is 17.1 Å². The van der Waals surface area contributed by atoms with Crippen LogP contribution in [0.4, 0.5) is 10.1 Å². The van der Waals surface area contributed by atoms with E-state index in [2.05, 4.69) is 27.9 Å². The van der Waals surface area contributed by atoms with E-state index < -0.39 is 34.3 Å². The van der Waals surface area contributed by atoms with Gasteiger partial charge in [-0.15, -0.1) is 0 Å². The molecule has 7 nitrogen and oxygen atoms in total. The summed E-state index contributed by atoms with van der Waals surface area (Å²) in [5.74, 6) is -1.22. The Morgan fingerprint density at radius 1 is 1.09 bits per heavy atom. The zero-order chi connectivity index (χ0) is 24.9. The summed E-state index contributed by atoms with van der Waals surface area (Å²) >= 11 is 2.11. The van der Waals surface area contributed by atoms with Crippen molar-refractivity contribution in [3.8, 4) is 0 Å². The molecule has 0 bridgehead atoms. The lowest BCUT2D eigenvalue weighted by molar-refractivity contribution is -0.139. The first-order chi connectivity index (χ1) is 16.0. The van der Waals surface area contributed by atoms with E-state index >= 15 is 0 Å². The van der Waals surface area contributed by atoms with Crippen molar-refractivity contribution in [2.45, 2.75) is 51.2 Å². The van der Waals surface area contributed by atoms with E-state index in [1.54, 1.807) is 43.3 Å². The summed E-state index contributed by atoms with van der Waals surface area (Å²) in [5.41, 5.74) is 0.997. The second-order valence-corrected chi connectivity index (χ2v) is 11.7. The van der Waals surface area contributed by atoms with Gasteiger partial charge in [0.25, 0.3) is 0 Å². The highest BCUT2D eigenvalue weighted by Crippen LogP contribution is 2.21. The average Bonchev–Trinajstić information content (AvgIpc) is 3.29. The van der Waals surface area contributed by atoms with E-state index in [9.17, 15) is 22.4 Å². The van der Waals surface area contributed by atoms with Crippen LogP contribution in [-0.2, 0) is 26.2 Å². The predicted molar refractivity (Wildman–Crippen MR) is 138 cm³/mol. The number of carbonyl (C=O) groups is 2. The Balaban J connectivity index is 1.86. The number of sulfonamides is 1. The van der Waals surface area contributed by atoms with Crippen LogP contribution in [0, 0.1) is 9.39 Å². The van der Waals surface area contributed by atoms with Crippen molar-refractivity contribution in [2.24, 2.45) is 0 Å². The second-order valence-electron chi connectivity index (χ2n) is 8.56. The number of hydrogen-bond acceptors (Lipinski definition) is 4. The minimum atomic E-state index is -3.77. The van der Waals surface area contributed by atoms with Crippen molar-refractivity contribution in [1.29, 1.82) is 0 Å². The third kappa shape index (κ3) is 7.14. The highest BCUT2D eigenvalue weighted by Gasteiger charge is 2.31. The lowest BCUT2D eigenvalue weighted by atomic mass is 10.1. The molecule has 1 atom stereocenters. The van der Waals surface area contributed by atoms with Crippen LogP contribution in [0.1, 0.15) is 38.2 Å². The molecule has 0 aromatic heterocycles. The molecule has 10 heteroatoms. The number of anilines is 1. The molecule has 184 valence electrons. The second kappa shape index (κ2) is 11.5. The molecule has 2 aromatic carbocycles. The number of nitrogens with zero attached hydrogens (tertiary/aromatic N) is 2. The van der Waals surface area contributed by atoms with Gasteiger partial charge in [0.15, 0.2) is 0 Å². The van der Waals surface area contributed by atoms with Crippen LogP contribution in [0.15, 0.2) is 48.5 Å². The summed E-state index contributed by atoms with van der Waals surface area (Å²) in [6.07, 6.45) is 4.95. The number of benzene rings is 2. The SMILES string of the molecule is C[C@H](C(=O)NC1CCCC1)N(Cc1ccc(F)cc1)C(=O)CN(c1ccc(I)cc1)S(C)(=O)=O. The quantitative estimate of drug-likeness (QED) is 0.445. The molecular formula is C24H29FIN3O4S. The molecule has 1 aliphatic rings. The number of nitrogens with one attached hydrogen (secondary N) is 1. The number of rotatable bonds is 9. The Hall–Kier alpha value is -2.21. The fraction of sp³-hybridized carbons (Fsp3) is 0.417. The maximum atomic E-state index is 13.5. The minimum Gasteiger partial charge on any atom is -0.352 e. The first-order valence-electron chi connectivity index (χ1n) is 11.1. The summed E-state index contributed by atoms with van der Waals surface area (Å²) < 4.78 is 40.4. The van der Waals surface area contributed by atoms with Crippen LogP contribution in [0.5, 0.6) is 0 Å². The lowest BCUT2D eigenvalue weighted by Gasteiger charge is -2.32. The molecule has 0 unspecified atom stereocenters. The number of carbonyl (C=O) groups excluding carboxylic acids is 2. The Kier molecular flexibility index (Phi) is 8.91. The van der Waals surface area contributed by atoms with Crippen molar-refractivity contribution >= 4 is 50.1 Å². The van der Waals surface area contributed by atoms with Crippen LogP contribution in [-0.4, -0.2) is 50.0 Å². The molecule has 1 fully saturated rings. The molecule has 2 aromatic rings. The zero-order valence-corrected chi connectivity index (χ0v) is 22.2. The Morgan fingerprint density at radius 2 is 1.68 bits per heavy atom. The van der Waals surface area contributed by atoms with Gasteiger partial charge in [0.2, 0.25) is 21.8 Å². The van der Waals surface area contributed by atoms with Gasteiger partial charge in [-0.1, -0.05) is 25.0 Å². The van der Waals surface area contributed by atoms with Gasteiger partial charge in [-0.25, -0.2) is 12.8 Å². The van der Waals surface area contributed by atoms with E-state index in [-0.39, 0.29) is 18.5 Å². The van der Waals surface area contributed by atoms with Crippen LogP contribution in [0.3, 0.4) is 0 Å². The molecule has 0 spiro atoms. The van der Waals surface area contributed by atoms with Crippen molar-refractivity contribution in [3.63, 3.8) is 0 Å². The number of hydrogen-bond donors (Lipinski definition) is 1. The summed E-state index contributed by atoms with van der Waals surface area (Å²) in [6, 6.07) is 11.7.